The fourth-order valence-electron chi connectivity index (χ4n) is 4.03. The van der Waals surface area contributed by atoms with Gasteiger partial charge < -0.3 is 14.6 Å². The summed E-state index contributed by atoms with van der Waals surface area (Å²) >= 11 is 0. The van der Waals surface area contributed by atoms with Crippen LogP contribution in [0, 0.1) is 5.92 Å². The van der Waals surface area contributed by atoms with Gasteiger partial charge in [0.15, 0.2) is 0 Å². The van der Waals surface area contributed by atoms with Crippen LogP contribution in [0.3, 0.4) is 0 Å². The van der Waals surface area contributed by atoms with Crippen molar-refractivity contribution in [3.8, 4) is 17.1 Å². The molecule has 0 radical (unpaired) electrons. The maximum absolute atomic E-state index is 13.0. The van der Waals surface area contributed by atoms with Gasteiger partial charge in [0.05, 0.1) is 18.7 Å². The van der Waals surface area contributed by atoms with E-state index in [1.54, 1.807) is 12.0 Å². The van der Waals surface area contributed by atoms with Crippen molar-refractivity contribution in [3.05, 3.63) is 71.2 Å². The van der Waals surface area contributed by atoms with E-state index < -0.39 is 0 Å². The zero-order chi connectivity index (χ0) is 23.5. The van der Waals surface area contributed by atoms with Crippen LogP contribution in [0.15, 0.2) is 58.8 Å². The molecule has 0 spiro atoms. The maximum Gasteiger partial charge on any atom is 0.322 e. The number of aromatic nitrogens is 2. The molecule has 7 heteroatoms. The van der Waals surface area contributed by atoms with Gasteiger partial charge >= 0.3 is 6.03 Å². The normalized spacial score (nSPS) is 16.4. The third-order valence-corrected chi connectivity index (χ3v) is 5.87. The monoisotopic (exact) mass is 446 g/mol. The van der Waals surface area contributed by atoms with Crippen molar-refractivity contribution in [2.24, 2.45) is 5.92 Å². The third kappa shape index (κ3) is 4.62. The highest BCUT2D eigenvalue weighted by Crippen LogP contribution is 2.37. The highest BCUT2D eigenvalue weighted by atomic mass is 16.5. The molecule has 1 N–H and O–H groups in total. The topological polar surface area (TPSA) is 80.5 Å². The molecule has 7 nitrogen and oxygen atoms in total. The average molecular weight is 447 g/mol. The summed E-state index contributed by atoms with van der Waals surface area (Å²) in [5.74, 6) is 1.96. The lowest BCUT2D eigenvalue weighted by atomic mass is 9.93. The molecule has 1 aliphatic rings. The number of allylic oxidation sites excluding steroid dienone is 1. The summed E-state index contributed by atoms with van der Waals surface area (Å²) in [6.07, 6.45) is 0.954. The summed E-state index contributed by atoms with van der Waals surface area (Å²) in [6, 6.07) is 15.3. The first-order chi connectivity index (χ1) is 15.9. The van der Waals surface area contributed by atoms with E-state index in [1.807, 2.05) is 31.2 Å². The van der Waals surface area contributed by atoms with Gasteiger partial charge in [-0.25, -0.2) is 4.79 Å². The molecule has 1 atom stereocenters. The summed E-state index contributed by atoms with van der Waals surface area (Å²) in [5.41, 5.74) is 4.67. The van der Waals surface area contributed by atoms with Crippen molar-refractivity contribution in [1.82, 2.24) is 20.4 Å². The summed E-state index contributed by atoms with van der Waals surface area (Å²) in [6.45, 7) is 8.84. The number of nitrogens with one attached hydrogen (secondary N) is 1. The van der Waals surface area contributed by atoms with Gasteiger partial charge in [0.25, 0.3) is 5.89 Å². The molecule has 4 rings (SSSR count). The molecular weight excluding hydrogens is 416 g/mol. The molecule has 0 bridgehead atoms. The van der Waals surface area contributed by atoms with Gasteiger partial charge in [0.2, 0.25) is 5.82 Å². The van der Waals surface area contributed by atoms with Crippen molar-refractivity contribution in [3.63, 3.8) is 0 Å². The van der Waals surface area contributed by atoms with Crippen LogP contribution in [-0.2, 0) is 6.42 Å². The van der Waals surface area contributed by atoms with Crippen LogP contribution in [-0.4, -0.2) is 34.7 Å². The fraction of sp³-hybridized carbons (Fsp3) is 0.346. The summed E-state index contributed by atoms with van der Waals surface area (Å²) in [7, 11) is 1.63. The van der Waals surface area contributed by atoms with Crippen LogP contribution in [0.1, 0.15) is 50.8 Å². The molecule has 1 unspecified atom stereocenters. The smallest absolute Gasteiger partial charge is 0.322 e. The zero-order valence-electron chi connectivity index (χ0n) is 19.8. The van der Waals surface area contributed by atoms with Gasteiger partial charge in [0, 0.05) is 17.8 Å². The van der Waals surface area contributed by atoms with Crippen LogP contribution in [0.4, 0.5) is 4.79 Å². The number of hydrogen-bond donors (Lipinski definition) is 1. The minimum absolute atomic E-state index is 0.121. The molecule has 172 valence electrons. The number of carbonyl (C=O) groups is 1. The molecule has 0 saturated carbocycles. The number of amides is 2. The number of hydrogen-bond acceptors (Lipinski definition) is 5. The highest BCUT2D eigenvalue weighted by molar-refractivity contribution is 5.86. The molecule has 3 aromatic rings. The van der Waals surface area contributed by atoms with Gasteiger partial charge in [-0.2, -0.15) is 4.98 Å². The summed E-state index contributed by atoms with van der Waals surface area (Å²) < 4.78 is 11.0. The van der Waals surface area contributed by atoms with E-state index >= 15 is 0 Å². The molecule has 33 heavy (non-hydrogen) atoms. The molecule has 2 heterocycles. The average Bonchev–Trinajstić information content (AvgIpc) is 3.31. The summed E-state index contributed by atoms with van der Waals surface area (Å²) in [5, 5.41) is 7.37. The SMILES string of the molecule is CCc1ccc(C2NC(=O)N(CC(C)C)C(C)=C2c2nc(-c3ccc(OC)cc3)no2)cc1. The molecule has 2 aromatic carbocycles. The van der Waals surface area contributed by atoms with Crippen molar-refractivity contribution in [2.45, 2.75) is 40.2 Å². The van der Waals surface area contributed by atoms with Gasteiger partial charge in [-0.1, -0.05) is 50.2 Å². The van der Waals surface area contributed by atoms with E-state index in [4.69, 9.17) is 14.2 Å². The Balaban J connectivity index is 1.77. The predicted octanol–water partition coefficient (Wildman–Crippen LogP) is 5.46. The molecular formula is C26H30N4O3. The summed E-state index contributed by atoms with van der Waals surface area (Å²) in [4.78, 5) is 19.5. The molecule has 0 aliphatic carbocycles. The minimum Gasteiger partial charge on any atom is -0.497 e. The predicted molar refractivity (Wildman–Crippen MR) is 128 cm³/mol. The molecule has 1 aromatic heterocycles. The van der Waals surface area contributed by atoms with E-state index in [0.717, 1.165) is 34.6 Å². The van der Waals surface area contributed by atoms with Crippen LogP contribution in [0.25, 0.3) is 17.0 Å². The number of rotatable bonds is 7. The lowest BCUT2D eigenvalue weighted by molar-refractivity contribution is 0.199. The van der Waals surface area contributed by atoms with Crippen molar-refractivity contribution < 1.29 is 14.1 Å². The standard InChI is InChI=1S/C26H30N4O3/c1-6-18-7-9-19(10-8-18)23-22(17(4)30(15-16(2)3)26(31)27-23)25-28-24(29-33-25)20-11-13-21(32-5)14-12-20/h7-14,16,23H,6,15H2,1-5H3,(H,27,31). The Morgan fingerprint density at radius 3 is 2.42 bits per heavy atom. The highest BCUT2D eigenvalue weighted by Gasteiger charge is 2.35. The Kier molecular flexibility index (Phi) is 6.49. The molecule has 0 fully saturated rings. The van der Waals surface area contributed by atoms with Gasteiger partial charge in [0.1, 0.15) is 5.75 Å². The Labute approximate surface area is 194 Å². The number of ether oxygens (including phenoxy) is 1. The van der Waals surface area contributed by atoms with E-state index in [1.165, 1.54) is 5.56 Å². The Hall–Kier alpha value is -3.61. The lowest BCUT2D eigenvalue weighted by Crippen LogP contribution is -2.47. The first-order valence-electron chi connectivity index (χ1n) is 11.3. The number of urea groups is 1. The molecule has 1 aliphatic heterocycles. The maximum atomic E-state index is 13.0. The van der Waals surface area contributed by atoms with Crippen molar-refractivity contribution >= 4 is 11.6 Å². The second-order valence-corrected chi connectivity index (χ2v) is 8.63. The van der Waals surface area contributed by atoms with E-state index in [-0.39, 0.29) is 12.1 Å². The number of carbonyl (C=O) groups excluding carboxylic acids is 1. The Bertz CT molecular complexity index is 1150. The number of benzene rings is 2. The van der Waals surface area contributed by atoms with E-state index in [9.17, 15) is 4.79 Å². The van der Waals surface area contributed by atoms with Crippen LogP contribution in [0.5, 0.6) is 5.75 Å². The van der Waals surface area contributed by atoms with Crippen molar-refractivity contribution in [1.29, 1.82) is 0 Å². The van der Waals surface area contributed by atoms with Crippen LogP contribution < -0.4 is 10.1 Å². The quantitative estimate of drug-likeness (QED) is 0.521. The minimum atomic E-state index is -0.379. The Morgan fingerprint density at radius 1 is 1.12 bits per heavy atom. The number of aryl methyl sites for hydroxylation is 1. The zero-order valence-corrected chi connectivity index (χ0v) is 19.8. The number of methoxy groups -OCH3 is 1. The first-order valence-corrected chi connectivity index (χ1v) is 11.3. The largest absolute Gasteiger partial charge is 0.497 e. The second kappa shape index (κ2) is 9.48. The third-order valence-electron chi connectivity index (χ3n) is 5.87. The van der Waals surface area contributed by atoms with Crippen molar-refractivity contribution in [2.75, 3.05) is 13.7 Å². The van der Waals surface area contributed by atoms with Gasteiger partial charge in [-0.3, -0.25) is 4.90 Å². The van der Waals surface area contributed by atoms with E-state index in [0.29, 0.717) is 24.2 Å². The lowest BCUT2D eigenvalue weighted by Gasteiger charge is -2.36. The van der Waals surface area contributed by atoms with Gasteiger partial charge in [-0.05, 0) is 54.7 Å². The van der Waals surface area contributed by atoms with E-state index in [2.05, 4.69) is 55.5 Å². The Morgan fingerprint density at radius 2 is 1.82 bits per heavy atom. The molecule has 2 amide bonds. The number of nitrogens with zero attached hydrogens (tertiary/aromatic N) is 3. The van der Waals surface area contributed by atoms with Crippen LogP contribution >= 0.6 is 0 Å². The molecule has 0 saturated heterocycles. The van der Waals surface area contributed by atoms with Crippen LogP contribution in [0.2, 0.25) is 0 Å². The first kappa shape index (κ1) is 22.6. The van der Waals surface area contributed by atoms with Gasteiger partial charge in [-0.15, -0.1) is 0 Å². The fourth-order valence-corrected chi connectivity index (χ4v) is 4.03. The second-order valence-electron chi connectivity index (χ2n) is 8.63.